The second-order valence-corrected chi connectivity index (χ2v) is 4.81. The largest absolute Gasteiger partial charge is 0.397 e. The van der Waals surface area contributed by atoms with Gasteiger partial charge in [0, 0.05) is 21.8 Å². The molecule has 0 spiro atoms. The van der Waals surface area contributed by atoms with Crippen LogP contribution in [0.2, 0.25) is 0 Å². The zero-order valence-electron chi connectivity index (χ0n) is 7.72. The van der Waals surface area contributed by atoms with Crippen LogP contribution >= 0.6 is 27.7 Å². The quantitative estimate of drug-likeness (QED) is 0.920. The van der Waals surface area contributed by atoms with Gasteiger partial charge in [0.05, 0.1) is 11.9 Å². The monoisotopic (exact) mass is 281 g/mol. The van der Waals surface area contributed by atoms with Crippen LogP contribution in [0.25, 0.3) is 0 Å². The molecule has 0 amide bonds. The molecule has 2 rings (SSSR count). The lowest BCUT2D eigenvalue weighted by Gasteiger charge is -2.03. The molecule has 76 valence electrons. The molecule has 2 aromatic heterocycles. The number of hydrogen-bond donors (Lipinski definition) is 1. The minimum absolute atomic E-state index is 0.673. The SMILES string of the molecule is Nc1cnccc1Sc1ccc(Br)cn1. The predicted molar refractivity (Wildman–Crippen MR) is 64.7 cm³/mol. The first kappa shape index (κ1) is 10.4. The van der Waals surface area contributed by atoms with E-state index in [2.05, 4.69) is 25.9 Å². The van der Waals surface area contributed by atoms with E-state index in [4.69, 9.17) is 5.73 Å². The highest BCUT2D eigenvalue weighted by molar-refractivity contribution is 9.10. The number of aromatic nitrogens is 2. The van der Waals surface area contributed by atoms with E-state index in [1.54, 1.807) is 18.6 Å². The van der Waals surface area contributed by atoms with Gasteiger partial charge in [-0.15, -0.1) is 0 Å². The van der Waals surface area contributed by atoms with E-state index in [1.165, 1.54) is 11.8 Å². The second-order valence-electron chi connectivity index (χ2n) is 2.83. The Morgan fingerprint density at radius 3 is 2.73 bits per heavy atom. The van der Waals surface area contributed by atoms with Crippen molar-refractivity contribution >= 4 is 33.4 Å². The van der Waals surface area contributed by atoms with Crippen molar-refractivity contribution in [1.29, 1.82) is 0 Å². The van der Waals surface area contributed by atoms with Crippen LogP contribution in [-0.4, -0.2) is 9.97 Å². The standard InChI is InChI=1S/C10H8BrN3S/c11-7-1-2-10(14-5-7)15-9-3-4-13-6-8(9)12/h1-6H,12H2. The van der Waals surface area contributed by atoms with Gasteiger partial charge in [-0.05, 0) is 34.1 Å². The lowest BCUT2D eigenvalue weighted by atomic mass is 10.4. The summed E-state index contributed by atoms with van der Waals surface area (Å²) in [5, 5.41) is 0.913. The fourth-order valence-corrected chi connectivity index (χ4v) is 2.02. The van der Waals surface area contributed by atoms with Crippen molar-refractivity contribution in [3.8, 4) is 0 Å². The third kappa shape index (κ3) is 2.70. The first-order chi connectivity index (χ1) is 7.25. The average Bonchev–Trinajstić information content (AvgIpc) is 2.25. The molecule has 0 radical (unpaired) electrons. The van der Waals surface area contributed by atoms with Crippen molar-refractivity contribution in [2.75, 3.05) is 5.73 Å². The number of hydrogen-bond acceptors (Lipinski definition) is 4. The summed E-state index contributed by atoms with van der Waals surface area (Å²) in [6, 6.07) is 5.77. The third-order valence-corrected chi connectivity index (χ3v) is 3.24. The molecule has 0 saturated heterocycles. The summed E-state index contributed by atoms with van der Waals surface area (Å²) in [5.41, 5.74) is 6.45. The van der Waals surface area contributed by atoms with Crippen LogP contribution in [0.5, 0.6) is 0 Å². The molecule has 2 aromatic rings. The zero-order chi connectivity index (χ0) is 10.7. The van der Waals surface area contributed by atoms with E-state index in [0.29, 0.717) is 5.69 Å². The van der Waals surface area contributed by atoms with Crippen molar-refractivity contribution in [3.05, 3.63) is 41.3 Å². The fraction of sp³-hybridized carbons (Fsp3) is 0. The summed E-state index contributed by atoms with van der Waals surface area (Å²) in [6.07, 6.45) is 5.12. The van der Waals surface area contributed by atoms with Crippen LogP contribution in [0.15, 0.2) is 51.2 Å². The number of halogens is 1. The van der Waals surface area contributed by atoms with E-state index >= 15 is 0 Å². The van der Waals surface area contributed by atoms with Crippen molar-refractivity contribution < 1.29 is 0 Å². The molecule has 2 heterocycles. The molecule has 0 bridgehead atoms. The van der Waals surface area contributed by atoms with Gasteiger partial charge in [0.1, 0.15) is 5.03 Å². The van der Waals surface area contributed by atoms with Crippen molar-refractivity contribution in [3.63, 3.8) is 0 Å². The number of nitrogens with zero attached hydrogens (tertiary/aromatic N) is 2. The maximum Gasteiger partial charge on any atom is 0.101 e. The Morgan fingerprint density at radius 2 is 2.07 bits per heavy atom. The Labute approximate surface area is 100 Å². The molecule has 0 fully saturated rings. The van der Waals surface area contributed by atoms with Gasteiger partial charge in [0.25, 0.3) is 0 Å². The maximum absolute atomic E-state index is 5.78. The minimum Gasteiger partial charge on any atom is -0.397 e. The highest BCUT2D eigenvalue weighted by Crippen LogP contribution is 2.30. The molecule has 15 heavy (non-hydrogen) atoms. The van der Waals surface area contributed by atoms with Crippen LogP contribution in [0.4, 0.5) is 5.69 Å². The lowest BCUT2D eigenvalue weighted by molar-refractivity contribution is 1.12. The van der Waals surface area contributed by atoms with Gasteiger partial charge in [0.2, 0.25) is 0 Å². The Balaban J connectivity index is 2.22. The molecular formula is C10H8BrN3S. The summed E-state index contributed by atoms with van der Waals surface area (Å²) in [4.78, 5) is 9.16. The normalized spacial score (nSPS) is 10.2. The van der Waals surface area contributed by atoms with Gasteiger partial charge >= 0.3 is 0 Å². The summed E-state index contributed by atoms with van der Waals surface area (Å²) < 4.78 is 0.967. The molecule has 0 saturated carbocycles. The summed E-state index contributed by atoms with van der Waals surface area (Å²) in [7, 11) is 0. The molecule has 3 nitrogen and oxygen atoms in total. The number of nitrogens with two attached hydrogens (primary N) is 1. The number of pyridine rings is 2. The van der Waals surface area contributed by atoms with Crippen molar-refractivity contribution in [2.45, 2.75) is 9.92 Å². The first-order valence-corrected chi connectivity index (χ1v) is 5.85. The average molecular weight is 282 g/mol. The fourth-order valence-electron chi connectivity index (χ4n) is 1.02. The number of nitrogen functional groups attached to an aromatic ring is 1. The predicted octanol–water partition coefficient (Wildman–Crippen LogP) is 2.97. The van der Waals surface area contributed by atoms with Gasteiger partial charge in [-0.25, -0.2) is 4.98 Å². The molecule has 5 heteroatoms. The van der Waals surface area contributed by atoms with Gasteiger partial charge < -0.3 is 5.73 Å². The van der Waals surface area contributed by atoms with E-state index < -0.39 is 0 Å². The summed E-state index contributed by atoms with van der Waals surface area (Å²) >= 11 is 4.86. The van der Waals surface area contributed by atoms with Crippen LogP contribution in [0.3, 0.4) is 0 Å². The molecular weight excluding hydrogens is 274 g/mol. The van der Waals surface area contributed by atoms with Crippen LogP contribution in [-0.2, 0) is 0 Å². The van der Waals surface area contributed by atoms with E-state index in [9.17, 15) is 0 Å². The number of anilines is 1. The van der Waals surface area contributed by atoms with Gasteiger partial charge in [-0.2, -0.15) is 0 Å². The molecule has 0 aliphatic heterocycles. The smallest absolute Gasteiger partial charge is 0.101 e. The highest BCUT2D eigenvalue weighted by atomic mass is 79.9. The Hall–Kier alpha value is -1.07. The molecule has 0 atom stereocenters. The van der Waals surface area contributed by atoms with Crippen LogP contribution in [0, 0.1) is 0 Å². The topological polar surface area (TPSA) is 51.8 Å². The molecule has 0 aromatic carbocycles. The van der Waals surface area contributed by atoms with Gasteiger partial charge in [0.15, 0.2) is 0 Å². The Kier molecular flexibility index (Phi) is 3.23. The Bertz CT molecular complexity index is 458. The molecule has 0 aliphatic carbocycles. The molecule has 2 N–H and O–H groups in total. The van der Waals surface area contributed by atoms with Crippen molar-refractivity contribution in [1.82, 2.24) is 9.97 Å². The third-order valence-electron chi connectivity index (χ3n) is 1.72. The summed E-state index contributed by atoms with van der Waals surface area (Å²) in [5.74, 6) is 0. The van der Waals surface area contributed by atoms with E-state index in [-0.39, 0.29) is 0 Å². The zero-order valence-corrected chi connectivity index (χ0v) is 10.1. The van der Waals surface area contributed by atoms with Crippen LogP contribution in [0.1, 0.15) is 0 Å². The minimum atomic E-state index is 0.673. The van der Waals surface area contributed by atoms with Crippen LogP contribution < -0.4 is 5.73 Å². The van der Waals surface area contributed by atoms with Gasteiger partial charge in [-0.3, -0.25) is 4.98 Å². The van der Waals surface area contributed by atoms with E-state index in [1.807, 2.05) is 18.2 Å². The number of rotatable bonds is 2. The lowest BCUT2D eigenvalue weighted by Crippen LogP contribution is -1.89. The van der Waals surface area contributed by atoms with E-state index in [0.717, 1.165) is 14.4 Å². The van der Waals surface area contributed by atoms with Crippen molar-refractivity contribution in [2.24, 2.45) is 0 Å². The summed E-state index contributed by atoms with van der Waals surface area (Å²) in [6.45, 7) is 0. The van der Waals surface area contributed by atoms with Gasteiger partial charge in [-0.1, -0.05) is 11.8 Å². The molecule has 0 unspecified atom stereocenters. The molecule has 0 aliphatic rings. The highest BCUT2D eigenvalue weighted by Gasteiger charge is 2.02. The second kappa shape index (κ2) is 4.63. The first-order valence-electron chi connectivity index (χ1n) is 4.24. The maximum atomic E-state index is 5.78. The Morgan fingerprint density at radius 1 is 1.20 bits per heavy atom.